The summed E-state index contributed by atoms with van der Waals surface area (Å²) in [6, 6.07) is 0.780. The monoisotopic (exact) mass is 286 g/mol. The van der Waals surface area contributed by atoms with Crippen molar-refractivity contribution in [2.45, 2.75) is 56.2 Å². The molecule has 1 saturated carbocycles. The summed E-state index contributed by atoms with van der Waals surface area (Å²) >= 11 is 7.43. The fourth-order valence-electron chi connectivity index (χ4n) is 3.12. The molecular formula is C14H26N2S2. The third kappa shape index (κ3) is 3.84. The Hall–Kier alpha value is 0.200. The molecule has 0 bridgehead atoms. The van der Waals surface area contributed by atoms with Crippen LogP contribution in [0, 0.1) is 0 Å². The first-order chi connectivity index (χ1) is 8.68. The number of hydrogen-bond donors (Lipinski definition) is 0. The highest BCUT2D eigenvalue weighted by Crippen LogP contribution is 2.34. The molecule has 2 fully saturated rings. The average molecular weight is 287 g/mol. The van der Waals surface area contributed by atoms with Crippen LogP contribution >= 0.6 is 24.0 Å². The smallest absolute Gasteiger partial charge is 0.136 e. The first kappa shape index (κ1) is 14.6. The van der Waals surface area contributed by atoms with Crippen LogP contribution in [0.3, 0.4) is 0 Å². The SMILES string of the molecule is CN(C)C(=S)SC1CCCCC1N1CCCCC1. The molecule has 2 nitrogen and oxygen atoms in total. The maximum Gasteiger partial charge on any atom is 0.136 e. The van der Waals surface area contributed by atoms with Gasteiger partial charge in [0.1, 0.15) is 4.32 Å². The third-order valence-electron chi connectivity index (χ3n) is 4.14. The van der Waals surface area contributed by atoms with E-state index in [2.05, 4.69) is 23.9 Å². The molecule has 0 amide bonds. The Labute approximate surface area is 121 Å². The molecule has 18 heavy (non-hydrogen) atoms. The maximum atomic E-state index is 5.48. The quantitative estimate of drug-likeness (QED) is 0.718. The third-order valence-corrected chi connectivity index (χ3v) is 6.22. The summed E-state index contributed by atoms with van der Waals surface area (Å²) in [4.78, 5) is 4.83. The molecule has 1 saturated heterocycles. The van der Waals surface area contributed by atoms with Gasteiger partial charge in [0.05, 0.1) is 0 Å². The Balaban J connectivity index is 1.94. The van der Waals surface area contributed by atoms with Crippen LogP contribution in [-0.2, 0) is 0 Å². The summed E-state index contributed by atoms with van der Waals surface area (Å²) in [6.07, 6.45) is 9.74. The molecule has 0 aromatic heterocycles. The van der Waals surface area contributed by atoms with Crippen molar-refractivity contribution in [3.63, 3.8) is 0 Å². The second kappa shape index (κ2) is 7.11. The Morgan fingerprint density at radius 2 is 1.72 bits per heavy atom. The highest BCUT2D eigenvalue weighted by molar-refractivity contribution is 8.23. The largest absolute Gasteiger partial charge is 0.364 e. The lowest BCUT2D eigenvalue weighted by Gasteiger charge is -2.41. The van der Waals surface area contributed by atoms with Crippen LogP contribution in [0.4, 0.5) is 0 Å². The predicted molar refractivity (Wildman–Crippen MR) is 85.3 cm³/mol. The molecule has 0 spiro atoms. The lowest BCUT2D eigenvalue weighted by atomic mass is 9.92. The van der Waals surface area contributed by atoms with E-state index in [1.54, 1.807) is 0 Å². The number of rotatable bonds is 2. The van der Waals surface area contributed by atoms with Gasteiger partial charge in [0.25, 0.3) is 0 Å². The lowest BCUT2D eigenvalue weighted by molar-refractivity contribution is 0.135. The normalized spacial score (nSPS) is 30.1. The number of thioether (sulfide) groups is 1. The van der Waals surface area contributed by atoms with Gasteiger partial charge in [0.2, 0.25) is 0 Å². The summed E-state index contributed by atoms with van der Waals surface area (Å²) < 4.78 is 1.06. The van der Waals surface area contributed by atoms with Crippen molar-refractivity contribution in [2.75, 3.05) is 27.2 Å². The molecule has 2 atom stereocenters. The minimum atomic E-state index is 0.728. The predicted octanol–water partition coefficient (Wildman–Crippen LogP) is 3.36. The molecule has 2 rings (SSSR count). The lowest BCUT2D eigenvalue weighted by Crippen LogP contribution is -2.47. The first-order valence-electron chi connectivity index (χ1n) is 7.30. The number of hydrogen-bond acceptors (Lipinski definition) is 3. The van der Waals surface area contributed by atoms with E-state index in [4.69, 9.17) is 12.2 Å². The van der Waals surface area contributed by atoms with Gasteiger partial charge >= 0.3 is 0 Å². The molecule has 4 heteroatoms. The van der Waals surface area contributed by atoms with E-state index in [1.807, 2.05) is 11.8 Å². The summed E-state index contributed by atoms with van der Waals surface area (Å²) in [5.41, 5.74) is 0. The Morgan fingerprint density at radius 1 is 1.06 bits per heavy atom. The maximum absolute atomic E-state index is 5.48. The zero-order valence-electron chi connectivity index (χ0n) is 11.7. The van der Waals surface area contributed by atoms with Crippen molar-refractivity contribution >= 4 is 28.3 Å². The fourth-order valence-corrected chi connectivity index (χ4v) is 4.71. The van der Waals surface area contributed by atoms with Gasteiger partial charge in [-0.05, 0) is 38.8 Å². The number of piperidine rings is 1. The minimum Gasteiger partial charge on any atom is -0.364 e. The molecule has 0 aromatic carbocycles. The molecule has 104 valence electrons. The van der Waals surface area contributed by atoms with E-state index in [9.17, 15) is 0 Å². The average Bonchev–Trinajstić information content (AvgIpc) is 2.40. The zero-order chi connectivity index (χ0) is 13.0. The molecule has 1 aliphatic heterocycles. The summed E-state index contributed by atoms with van der Waals surface area (Å²) in [5, 5.41) is 0.728. The van der Waals surface area contributed by atoms with E-state index < -0.39 is 0 Å². The van der Waals surface area contributed by atoms with Crippen LogP contribution in [0.1, 0.15) is 44.9 Å². The molecule has 0 aromatic rings. The van der Waals surface area contributed by atoms with Crippen molar-refractivity contribution in [2.24, 2.45) is 0 Å². The van der Waals surface area contributed by atoms with Crippen molar-refractivity contribution in [1.82, 2.24) is 9.80 Å². The summed E-state index contributed by atoms with van der Waals surface area (Å²) in [5.74, 6) is 0. The van der Waals surface area contributed by atoms with Crippen LogP contribution < -0.4 is 0 Å². The van der Waals surface area contributed by atoms with Gasteiger partial charge in [-0.2, -0.15) is 0 Å². The second-order valence-electron chi connectivity index (χ2n) is 5.77. The fraction of sp³-hybridized carbons (Fsp3) is 0.929. The van der Waals surface area contributed by atoms with Crippen LogP contribution in [0.25, 0.3) is 0 Å². The van der Waals surface area contributed by atoms with Gasteiger partial charge in [-0.3, -0.25) is 4.90 Å². The van der Waals surface area contributed by atoms with Gasteiger partial charge in [-0.1, -0.05) is 43.2 Å². The van der Waals surface area contributed by atoms with Gasteiger partial charge in [-0.15, -0.1) is 0 Å². The molecule has 1 aliphatic carbocycles. The van der Waals surface area contributed by atoms with Crippen LogP contribution in [-0.4, -0.2) is 52.6 Å². The summed E-state index contributed by atoms with van der Waals surface area (Å²) in [6.45, 7) is 2.63. The first-order valence-corrected chi connectivity index (χ1v) is 8.59. The number of likely N-dealkylation sites (tertiary alicyclic amines) is 1. The van der Waals surface area contributed by atoms with E-state index in [-0.39, 0.29) is 0 Å². The van der Waals surface area contributed by atoms with Crippen LogP contribution in [0.5, 0.6) is 0 Å². The van der Waals surface area contributed by atoms with E-state index >= 15 is 0 Å². The molecule has 0 radical (unpaired) electrons. The Kier molecular flexibility index (Phi) is 5.77. The van der Waals surface area contributed by atoms with Crippen molar-refractivity contribution < 1.29 is 0 Å². The highest BCUT2D eigenvalue weighted by atomic mass is 32.2. The Bertz CT molecular complexity index is 275. The molecule has 2 aliphatic rings. The van der Waals surface area contributed by atoms with Crippen molar-refractivity contribution in [3.8, 4) is 0 Å². The number of thiocarbonyl (C=S) groups is 1. The van der Waals surface area contributed by atoms with Crippen LogP contribution in [0.15, 0.2) is 0 Å². The second-order valence-corrected chi connectivity index (χ2v) is 7.64. The highest BCUT2D eigenvalue weighted by Gasteiger charge is 2.32. The molecule has 1 heterocycles. The van der Waals surface area contributed by atoms with E-state index in [0.29, 0.717) is 0 Å². The van der Waals surface area contributed by atoms with Gasteiger partial charge in [-0.25, -0.2) is 0 Å². The summed E-state index contributed by atoms with van der Waals surface area (Å²) in [7, 11) is 4.13. The van der Waals surface area contributed by atoms with E-state index in [1.165, 1.54) is 58.0 Å². The van der Waals surface area contributed by atoms with Crippen LogP contribution in [0.2, 0.25) is 0 Å². The van der Waals surface area contributed by atoms with Crippen molar-refractivity contribution in [1.29, 1.82) is 0 Å². The topological polar surface area (TPSA) is 6.48 Å². The standard InChI is InChI=1S/C14H26N2S2/c1-15(2)14(17)18-13-9-5-4-8-12(13)16-10-6-3-7-11-16/h12-13H,3-11H2,1-2H3. The zero-order valence-corrected chi connectivity index (χ0v) is 13.4. The van der Waals surface area contributed by atoms with Gasteiger partial charge in [0.15, 0.2) is 0 Å². The van der Waals surface area contributed by atoms with Gasteiger partial charge in [0, 0.05) is 25.4 Å². The molecule has 0 N–H and O–H groups in total. The molecule has 2 unspecified atom stereocenters. The van der Waals surface area contributed by atoms with Crippen molar-refractivity contribution in [3.05, 3.63) is 0 Å². The Morgan fingerprint density at radius 3 is 2.39 bits per heavy atom. The van der Waals surface area contributed by atoms with Gasteiger partial charge < -0.3 is 4.90 Å². The number of nitrogens with zero attached hydrogens (tertiary/aromatic N) is 2. The molecular weight excluding hydrogens is 260 g/mol. The van der Waals surface area contributed by atoms with E-state index in [0.717, 1.165) is 15.6 Å². The minimum absolute atomic E-state index is 0.728.